The molecule has 0 aromatic carbocycles. The van der Waals surface area contributed by atoms with Crippen LogP contribution in [0.25, 0.3) is 11.0 Å². The smallest absolute Gasteiger partial charge is 0.227 e. The summed E-state index contributed by atoms with van der Waals surface area (Å²) in [4.78, 5) is 22.5. The molecule has 1 fully saturated rings. The summed E-state index contributed by atoms with van der Waals surface area (Å²) >= 11 is 0. The Labute approximate surface area is 140 Å². The number of hydrogen-bond donors (Lipinski definition) is 1. The Balaban J connectivity index is 1.59. The molecule has 0 aliphatic carbocycles. The van der Waals surface area contributed by atoms with E-state index in [-0.39, 0.29) is 11.9 Å². The number of aromatic amines is 1. The Morgan fingerprint density at radius 2 is 2.25 bits per heavy atom. The average molecular weight is 323 g/mol. The monoisotopic (exact) mass is 323 g/mol. The quantitative estimate of drug-likeness (QED) is 0.796. The molecule has 1 amide bonds. The second-order valence-electron chi connectivity index (χ2n) is 6.36. The minimum Gasteiger partial charge on any atom is -0.467 e. The van der Waals surface area contributed by atoms with E-state index in [1.165, 1.54) is 0 Å². The van der Waals surface area contributed by atoms with Gasteiger partial charge in [-0.15, -0.1) is 0 Å². The number of furan rings is 1. The number of nitrogens with one attached hydrogen (secondary N) is 1. The molecule has 24 heavy (non-hydrogen) atoms. The molecule has 4 heterocycles. The highest BCUT2D eigenvalue weighted by Crippen LogP contribution is 2.31. The van der Waals surface area contributed by atoms with Crippen LogP contribution >= 0.6 is 0 Å². The molecule has 0 bridgehead atoms. The van der Waals surface area contributed by atoms with E-state index in [0.717, 1.165) is 54.6 Å². The van der Waals surface area contributed by atoms with Gasteiger partial charge in [-0.2, -0.15) is 0 Å². The van der Waals surface area contributed by atoms with Gasteiger partial charge in [-0.25, -0.2) is 4.98 Å². The van der Waals surface area contributed by atoms with E-state index in [1.807, 2.05) is 35.4 Å². The molecule has 124 valence electrons. The normalized spacial score (nSPS) is 18.7. The van der Waals surface area contributed by atoms with Crippen LogP contribution in [0.1, 0.15) is 43.0 Å². The maximum Gasteiger partial charge on any atom is 0.227 e. The Bertz CT molecular complexity index is 822. The Hall–Kier alpha value is -2.56. The zero-order chi connectivity index (χ0) is 16.4. The number of fused-ring (bicyclic) bond motifs is 1. The van der Waals surface area contributed by atoms with Crippen molar-refractivity contribution in [2.24, 2.45) is 0 Å². The molecule has 0 radical (unpaired) electrons. The Morgan fingerprint density at radius 3 is 3.12 bits per heavy atom. The molecule has 1 atom stereocenters. The number of rotatable bonds is 3. The standard InChI is InChI=1S/C19H21N3O2/c23-18(12-14-13-21-19-15(14)6-4-9-20-19)22-10-3-1-2-7-16(22)17-8-5-11-24-17/h4-6,8-9,11,13,16H,1-3,7,10,12H2,(H,20,21). The zero-order valence-corrected chi connectivity index (χ0v) is 13.6. The summed E-state index contributed by atoms with van der Waals surface area (Å²) in [5.74, 6) is 1.05. The van der Waals surface area contributed by atoms with Gasteiger partial charge < -0.3 is 14.3 Å². The maximum absolute atomic E-state index is 13.0. The molecule has 1 unspecified atom stereocenters. The van der Waals surface area contributed by atoms with Crippen LogP contribution in [-0.4, -0.2) is 27.3 Å². The highest BCUT2D eigenvalue weighted by molar-refractivity contribution is 5.87. The van der Waals surface area contributed by atoms with Gasteiger partial charge in [0, 0.05) is 24.3 Å². The summed E-state index contributed by atoms with van der Waals surface area (Å²) in [6.45, 7) is 0.796. The third kappa shape index (κ3) is 2.82. The van der Waals surface area contributed by atoms with Crippen LogP contribution in [0.5, 0.6) is 0 Å². The molecule has 3 aromatic heterocycles. The van der Waals surface area contributed by atoms with E-state index < -0.39 is 0 Å². The molecule has 5 heteroatoms. The van der Waals surface area contributed by atoms with Gasteiger partial charge in [0.2, 0.25) is 5.91 Å². The van der Waals surface area contributed by atoms with Crippen molar-refractivity contribution in [2.75, 3.05) is 6.54 Å². The molecule has 1 N–H and O–H groups in total. The molecule has 0 spiro atoms. The summed E-state index contributed by atoms with van der Waals surface area (Å²) in [5, 5.41) is 1.02. The van der Waals surface area contributed by atoms with Gasteiger partial charge in [-0.1, -0.05) is 12.8 Å². The minimum atomic E-state index is 0.0540. The first kappa shape index (κ1) is 15.0. The predicted octanol–water partition coefficient (Wildman–Crippen LogP) is 3.84. The van der Waals surface area contributed by atoms with Crippen LogP contribution in [0, 0.1) is 0 Å². The average Bonchev–Trinajstić information content (AvgIpc) is 3.20. The van der Waals surface area contributed by atoms with E-state index in [9.17, 15) is 4.79 Å². The van der Waals surface area contributed by atoms with Crippen LogP contribution < -0.4 is 0 Å². The predicted molar refractivity (Wildman–Crippen MR) is 91.4 cm³/mol. The minimum absolute atomic E-state index is 0.0540. The van der Waals surface area contributed by atoms with E-state index in [4.69, 9.17) is 4.42 Å². The molecule has 3 aromatic rings. The summed E-state index contributed by atoms with van der Waals surface area (Å²) in [6, 6.07) is 7.84. The SMILES string of the molecule is O=C(Cc1c[nH]c2ncccc12)N1CCCCCC1c1ccco1. The van der Waals surface area contributed by atoms with E-state index >= 15 is 0 Å². The third-order valence-corrected chi connectivity index (χ3v) is 4.82. The highest BCUT2D eigenvalue weighted by atomic mass is 16.3. The number of hydrogen-bond acceptors (Lipinski definition) is 3. The first-order valence-electron chi connectivity index (χ1n) is 8.57. The number of amides is 1. The van der Waals surface area contributed by atoms with Crippen molar-refractivity contribution in [3.8, 4) is 0 Å². The number of nitrogens with zero attached hydrogens (tertiary/aromatic N) is 2. The first-order chi connectivity index (χ1) is 11.8. The third-order valence-electron chi connectivity index (χ3n) is 4.82. The van der Waals surface area contributed by atoms with Crippen molar-refractivity contribution in [2.45, 2.75) is 38.1 Å². The van der Waals surface area contributed by atoms with Crippen LogP contribution in [0.3, 0.4) is 0 Å². The zero-order valence-electron chi connectivity index (χ0n) is 13.6. The lowest BCUT2D eigenvalue weighted by molar-refractivity contribution is -0.133. The maximum atomic E-state index is 13.0. The molecular weight excluding hydrogens is 302 g/mol. The van der Waals surface area contributed by atoms with Crippen LogP contribution in [0.2, 0.25) is 0 Å². The Morgan fingerprint density at radius 1 is 1.29 bits per heavy atom. The molecule has 1 aliphatic rings. The lowest BCUT2D eigenvalue weighted by Crippen LogP contribution is -2.35. The van der Waals surface area contributed by atoms with Gasteiger partial charge >= 0.3 is 0 Å². The van der Waals surface area contributed by atoms with E-state index in [1.54, 1.807) is 12.5 Å². The Kier molecular flexibility index (Phi) is 4.07. The summed E-state index contributed by atoms with van der Waals surface area (Å²) < 4.78 is 5.60. The van der Waals surface area contributed by atoms with Crippen molar-refractivity contribution < 1.29 is 9.21 Å². The molecule has 4 rings (SSSR count). The topological polar surface area (TPSA) is 62.1 Å². The van der Waals surface area contributed by atoms with Gasteiger partial charge in [0.25, 0.3) is 0 Å². The van der Waals surface area contributed by atoms with Crippen molar-refractivity contribution in [3.05, 3.63) is 54.2 Å². The van der Waals surface area contributed by atoms with Gasteiger partial charge in [-0.05, 0) is 42.7 Å². The van der Waals surface area contributed by atoms with Gasteiger partial charge in [0.1, 0.15) is 11.4 Å². The lowest BCUT2D eigenvalue weighted by Gasteiger charge is -2.28. The summed E-state index contributed by atoms with van der Waals surface area (Å²) in [5.41, 5.74) is 1.84. The molecule has 1 aliphatic heterocycles. The largest absolute Gasteiger partial charge is 0.467 e. The summed E-state index contributed by atoms with van der Waals surface area (Å²) in [7, 11) is 0. The first-order valence-corrected chi connectivity index (χ1v) is 8.57. The lowest BCUT2D eigenvalue weighted by atomic mass is 10.1. The van der Waals surface area contributed by atoms with Crippen molar-refractivity contribution in [1.82, 2.24) is 14.9 Å². The van der Waals surface area contributed by atoms with Crippen LogP contribution in [0.15, 0.2) is 47.3 Å². The van der Waals surface area contributed by atoms with Crippen LogP contribution in [-0.2, 0) is 11.2 Å². The fourth-order valence-electron chi connectivity index (χ4n) is 3.61. The van der Waals surface area contributed by atoms with Gasteiger partial charge in [-0.3, -0.25) is 4.79 Å². The van der Waals surface area contributed by atoms with E-state index in [2.05, 4.69) is 9.97 Å². The second kappa shape index (κ2) is 6.51. The summed E-state index contributed by atoms with van der Waals surface area (Å²) in [6.07, 6.45) is 10.1. The van der Waals surface area contributed by atoms with Gasteiger partial charge in [0.15, 0.2) is 0 Å². The van der Waals surface area contributed by atoms with Crippen molar-refractivity contribution >= 4 is 16.9 Å². The number of carbonyl (C=O) groups excluding carboxylic acids is 1. The molecule has 1 saturated heterocycles. The van der Waals surface area contributed by atoms with Gasteiger partial charge in [0.05, 0.1) is 18.7 Å². The number of carbonyl (C=O) groups is 1. The molecular formula is C19H21N3O2. The number of likely N-dealkylation sites (tertiary alicyclic amines) is 1. The van der Waals surface area contributed by atoms with Crippen molar-refractivity contribution in [1.29, 1.82) is 0 Å². The fourth-order valence-corrected chi connectivity index (χ4v) is 3.61. The number of H-pyrrole nitrogens is 1. The van der Waals surface area contributed by atoms with Crippen LogP contribution in [0.4, 0.5) is 0 Å². The fraction of sp³-hybridized carbons (Fsp3) is 0.368. The highest BCUT2D eigenvalue weighted by Gasteiger charge is 2.28. The van der Waals surface area contributed by atoms with E-state index in [0.29, 0.717) is 6.42 Å². The molecule has 0 saturated carbocycles. The molecule has 5 nitrogen and oxygen atoms in total. The number of aromatic nitrogens is 2. The second-order valence-corrected chi connectivity index (χ2v) is 6.36. The van der Waals surface area contributed by atoms with Crippen molar-refractivity contribution in [3.63, 3.8) is 0 Å². The number of pyridine rings is 1.